The molecule has 0 aromatic carbocycles. The van der Waals surface area contributed by atoms with Gasteiger partial charge in [0.05, 0.1) is 5.39 Å². The highest BCUT2D eigenvalue weighted by molar-refractivity contribution is 5.96. The van der Waals surface area contributed by atoms with Crippen LogP contribution >= 0.6 is 0 Å². The van der Waals surface area contributed by atoms with E-state index in [1.54, 1.807) is 22.9 Å². The first-order valence-electron chi connectivity index (χ1n) is 8.44. The van der Waals surface area contributed by atoms with Gasteiger partial charge in [-0.3, -0.25) is 14.4 Å². The largest absolute Gasteiger partial charge is 0.481 e. The van der Waals surface area contributed by atoms with Crippen LogP contribution in [0.25, 0.3) is 11.0 Å². The van der Waals surface area contributed by atoms with Crippen molar-refractivity contribution in [2.45, 2.75) is 46.1 Å². The molecule has 0 aliphatic carbocycles. The molecule has 0 saturated heterocycles. The summed E-state index contributed by atoms with van der Waals surface area (Å²) in [6, 6.07) is 3.46. The SMILES string of the molecule is CCn1cc(C(=O)NCCCCCC(=O)O)c(=O)c2ccc(C)nc21. The van der Waals surface area contributed by atoms with Gasteiger partial charge in [0.15, 0.2) is 0 Å². The Morgan fingerprint density at radius 3 is 2.68 bits per heavy atom. The molecule has 2 aromatic heterocycles. The summed E-state index contributed by atoms with van der Waals surface area (Å²) in [5.41, 5.74) is 1.17. The van der Waals surface area contributed by atoms with E-state index >= 15 is 0 Å². The van der Waals surface area contributed by atoms with Gasteiger partial charge >= 0.3 is 5.97 Å². The number of carbonyl (C=O) groups excluding carboxylic acids is 1. The minimum Gasteiger partial charge on any atom is -0.481 e. The number of nitrogens with zero attached hydrogens (tertiary/aromatic N) is 2. The second-order valence-electron chi connectivity index (χ2n) is 5.94. The van der Waals surface area contributed by atoms with Gasteiger partial charge in [0.1, 0.15) is 11.2 Å². The Kier molecular flexibility index (Phi) is 6.27. The number of unbranched alkanes of at least 4 members (excludes halogenated alkanes) is 2. The Morgan fingerprint density at radius 2 is 2.00 bits per heavy atom. The molecule has 0 atom stereocenters. The van der Waals surface area contributed by atoms with Crippen molar-refractivity contribution in [1.82, 2.24) is 14.9 Å². The highest BCUT2D eigenvalue weighted by Gasteiger charge is 2.15. The van der Waals surface area contributed by atoms with Crippen LogP contribution in [0.4, 0.5) is 0 Å². The highest BCUT2D eigenvalue weighted by atomic mass is 16.4. The number of pyridine rings is 2. The normalized spacial score (nSPS) is 10.8. The van der Waals surface area contributed by atoms with Crippen LogP contribution in [-0.4, -0.2) is 33.1 Å². The molecular formula is C18H23N3O4. The second kappa shape index (κ2) is 8.41. The van der Waals surface area contributed by atoms with E-state index in [0.29, 0.717) is 43.4 Å². The lowest BCUT2D eigenvalue weighted by atomic mass is 10.1. The van der Waals surface area contributed by atoms with Gasteiger partial charge in [-0.25, -0.2) is 4.98 Å². The van der Waals surface area contributed by atoms with Gasteiger partial charge in [-0.1, -0.05) is 6.42 Å². The molecule has 7 heteroatoms. The van der Waals surface area contributed by atoms with Crippen LogP contribution in [0, 0.1) is 6.92 Å². The van der Waals surface area contributed by atoms with Crippen LogP contribution in [-0.2, 0) is 11.3 Å². The molecule has 0 radical (unpaired) electrons. The Bertz CT molecular complexity index is 842. The Labute approximate surface area is 145 Å². The number of hydrogen-bond acceptors (Lipinski definition) is 4. The summed E-state index contributed by atoms with van der Waals surface area (Å²) in [5.74, 6) is -1.22. The van der Waals surface area contributed by atoms with E-state index in [9.17, 15) is 14.4 Å². The predicted octanol–water partition coefficient (Wildman–Crippen LogP) is 2.10. The average Bonchev–Trinajstić information content (AvgIpc) is 2.57. The van der Waals surface area contributed by atoms with E-state index in [4.69, 9.17) is 5.11 Å². The van der Waals surface area contributed by atoms with Gasteiger partial charge < -0.3 is 15.0 Å². The quantitative estimate of drug-likeness (QED) is 0.714. The number of aromatic nitrogens is 2. The maximum absolute atomic E-state index is 12.6. The Balaban J connectivity index is 2.11. The monoisotopic (exact) mass is 345 g/mol. The number of carboxylic acid groups (broad SMARTS) is 1. The number of carbonyl (C=O) groups is 2. The number of rotatable bonds is 8. The van der Waals surface area contributed by atoms with Crippen LogP contribution in [0.5, 0.6) is 0 Å². The van der Waals surface area contributed by atoms with Crippen molar-refractivity contribution in [3.05, 3.63) is 39.8 Å². The van der Waals surface area contributed by atoms with Crippen molar-refractivity contribution in [1.29, 1.82) is 0 Å². The van der Waals surface area contributed by atoms with Crippen LogP contribution in [0.2, 0.25) is 0 Å². The lowest BCUT2D eigenvalue weighted by Crippen LogP contribution is -2.30. The van der Waals surface area contributed by atoms with Crippen molar-refractivity contribution in [2.24, 2.45) is 0 Å². The first-order chi connectivity index (χ1) is 11.9. The third kappa shape index (κ3) is 4.65. The number of aliphatic carboxylic acids is 1. The lowest BCUT2D eigenvalue weighted by Gasteiger charge is -2.11. The molecular weight excluding hydrogens is 322 g/mol. The maximum Gasteiger partial charge on any atom is 0.303 e. The number of amides is 1. The maximum atomic E-state index is 12.6. The number of nitrogens with one attached hydrogen (secondary N) is 1. The van der Waals surface area contributed by atoms with E-state index in [-0.39, 0.29) is 17.4 Å². The fourth-order valence-corrected chi connectivity index (χ4v) is 2.64. The van der Waals surface area contributed by atoms with Crippen molar-refractivity contribution in [2.75, 3.05) is 6.54 Å². The molecule has 0 saturated carbocycles. The van der Waals surface area contributed by atoms with Crippen LogP contribution in [0.1, 0.15) is 48.7 Å². The minimum atomic E-state index is -0.816. The molecule has 7 nitrogen and oxygen atoms in total. The van der Waals surface area contributed by atoms with Crippen LogP contribution in [0.3, 0.4) is 0 Å². The topological polar surface area (TPSA) is 101 Å². The third-order valence-electron chi connectivity index (χ3n) is 4.00. The van der Waals surface area contributed by atoms with Gasteiger partial charge in [-0.05, 0) is 38.8 Å². The summed E-state index contributed by atoms with van der Waals surface area (Å²) in [6.07, 6.45) is 3.65. The molecule has 0 aliphatic rings. The molecule has 0 spiro atoms. The standard InChI is InChI=1S/C18H23N3O4/c1-3-21-11-14(16(24)13-9-8-12(2)20-17(13)21)18(25)19-10-6-4-5-7-15(22)23/h8-9,11H,3-7,10H2,1-2H3,(H,19,25)(H,22,23). The van der Waals surface area contributed by atoms with Crippen molar-refractivity contribution >= 4 is 22.9 Å². The van der Waals surface area contributed by atoms with Crippen LogP contribution in [0.15, 0.2) is 23.1 Å². The van der Waals surface area contributed by atoms with E-state index in [1.165, 1.54) is 0 Å². The van der Waals surface area contributed by atoms with Crippen molar-refractivity contribution < 1.29 is 14.7 Å². The molecule has 134 valence electrons. The Morgan fingerprint density at radius 1 is 1.24 bits per heavy atom. The van der Waals surface area contributed by atoms with Gasteiger partial charge in [0.2, 0.25) is 5.43 Å². The zero-order valence-corrected chi connectivity index (χ0v) is 14.5. The average molecular weight is 345 g/mol. The smallest absolute Gasteiger partial charge is 0.303 e. The number of hydrogen-bond donors (Lipinski definition) is 2. The van der Waals surface area contributed by atoms with Crippen molar-refractivity contribution in [3.63, 3.8) is 0 Å². The summed E-state index contributed by atoms with van der Waals surface area (Å²) in [6.45, 7) is 4.80. The van der Waals surface area contributed by atoms with E-state index in [1.807, 2.05) is 13.8 Å². The molecule has 0 bridgehead atoms. The fourth-order valence-electron chi connectivity index (χ4n) is 2.64. The first-order valence-corrected chi connectivity index (χ1v) is 8.44. The molecule has 2 N–H and O–H groups in total. The van der Waals surface area contributed by atoms with E-state index in [0.717, 1.165) is 5.69 Å². The number of aryl methyl sites for hydroxylation is 2. The van der Waals surface area contributed by atoms with Crippen molar-refractivity contribution in [3.8, 4) is 0 Å². The van der Waals surface area contributed by atoms with E-state index < -0.39 is 11.9 Å². The zero-order valence-electron chi connectivity index (χ0n) is 14.5. The lowest BCUT2D eigenvalue weighted by molar-refractivity contribution is -0.137. The van der Waals surface area contributed by atoms with Gasteiger partial charge in [0, 0.05) is 31.4 Å². The second-order valence-corrected chi connectivity index (χ2v) is 5.94. The summed E-state index contributed by atoms with van der Waals surface area (Å²) < 4.78 is 1.80. The minimum absolute atomic E-state index is 0.102. The molecule has 1 amide bonds. The number of carboxylic acids is 1. The summed E-state index contributed by atoms with van der Waals surface area (Å²) >= 11 is 0. The first kappa shape index (κ1) is 18.6. The molecule has 2 aromatic rings. The molecule has 25 heavy (non-hydrogen) atoms. The van der Waals surface area contributed by atoms with Crippen LogP contribution < -0.4 is 10.7 Å². The number of fused-ring (bicyclic) bond motifs is 1. The molecule has 2 heterocycles. The fraction of sp³-hybridized carbons (Fsp3) is 0.444. The summed E-state index contributed by atoms with van der Waals surface area (Å²) in [7, 11) is 0. The zero-order chi connectivity index (χ0) is 18.4. The van der Waals surface area contributed by atoms with Gasteiger partial charge in [0.25, 0.3) is 5.91 Å². The van der Waals surface area contributed by atoms with E-state index in [2.05, 4.69) is 10.3 Å². The van der Waals surface area contributed by atoms with Gasteiger partial charge in [-0.2, -0.15) is 0 Å². The predicted molar refractivity (Wildman–Crippen MR) is 94.9 cm³/mol. The summed E-state index contributed by atoms with van der Waals surface area (Å²) in [4.78, 5) is 39.8. The third-order valence-corrected chi connectivity index (χ3v) is 4.00. The molecule has 2 rings (SSSR count). The molecule has 0 aliphatic heterocycles. The van der Waals surface area contributed by atoms with Gasteiger partial charge in [-0.15, -0.1) is 0 Å². The summed E-state index contributed by atoms with van der Waals surface area (Å²) in [5, 5.41) is 11.7. The Hall–Kier alpha value is -2.70. The molecule has 0 unspecified atom stereocenters. The highest BCUT2D eigenvalue weighted by Crippen LogP contribution is 2.11. The molecule has 0 fully saturated rings.